The van der Waals surface area contributed by atoms with Crippen molar-refractivity contribution in [2.75, 3.05) is 0 Å². The van der Waals surface area contributed by atoms with Gasteiger partial charge in [-0.3, -0.25) is 4.98 Å². The van der Waals surface area contributed by atoms with Gasteiger partial charge in [0.2, 0.25) is 0 Å². The van der Waals surface area contributed by atoms with Gasteiger partial charge in [0.15, 0.2) is 0 Å². The zero-order valence-electron chi connectivity index (χ0n) is 15.7. The molecule has 0 radical (unpaired) electrons. The fourth-order valence-electron chi connectivity index (χ4n) is 2.90. The molecule has 0 saturated heterocycles. The molecule has 2 aromatic heterocycles. The maximum absolute atomic E-state index is 5.80. The smallest absolute Gasteiger partial charge is 0.0716 e. The fraction of sp³-hybridized carbons (Fsp3) is 0.167. The highest BCUT2D eigenvalue weighted by molar-refractivity contribution is 5.80. The molecular formula is C24H25N3. The normalized spacial score (nSPS) is 15.6. The van der Waals surface area contributed by atoms with Crippen molar-refractivity contribution in [3.05, 3.63) is 97.0 Å². The minimum atomic E-state index is 0.00761. The first-order valence-corrected chi connectivity index (χ1v) is 9.25. The van der Waals surface area contributed by atoms with Crippen LogP contribution in [0.15, 0.2) is 85.6 Å². The molecule has 27 heavy (non-hydrogen) atoms. The fourth-order valence-corrected chi connectivity index (χ4v) is 2.90. The molecule has 0 aliphatic heterocycles. The van der Waals surface area contributed by atoms with Gasteiger partial charge < -0.3 is 5.73 Å². The average molecular weight is 355 g/mol. The molecule has 3 nitrogen and oxygen atoms in total. The molecule has 1 atom stereocenters. The van der Waals surface area contributed by atoms with E-state index >= 15 is 0 Å². The largest absolute Gasteiger partial charge is 0.325 e. The van der Waals surface area contributed by atoms with Crippen LogP contribution in [0.25, 0.3) is 22.4 Å². The second-order valence-electron chi connectivity index (χ2n) is 6.55. The highest BCUT2D eigenvalue weighted by Gasteiger charge is 2.11. The summed E-state index contributed by atoms with van der Waals surface area (Å²) in [6, 6.07) is 10.1. The van der Waals surface area contributed by atoms with Gasteiger partial charge in [-0.05, 0) is 55.2 Å². The predicted octanol–water partition coefficient (Wildman–Crippen LogP) is 5.35. The minimum absolute atomic E-state index is 0.00761. The second-order valence-corrected chi connectivity index (χ2v) is 6.55. The van der Waals surface area contributed by atoms with Crippen molar-refractivity contribution in [2.45, 2.75) is 25.8 Å². The van der Waals surface area contributed by atoms with E-state index in [2.05, 4.69) is 41.9 Å². The van der Waals surface area contributed by atoms with E-state index in [-0.39, 0.29) is 6.04 Å². The summed E-state index contributed by atoms with van der Waals surface area (Å²) in [5.41, 5.74) is 11.7. The summed E-state index contributed by atoms with van der Waals surface area (Å²) in [7, 11) is 0. The average Bonchev–Trinajstić information content (AvgIpc) is 2.72. The SMILES string of the molecule is C=C/C(=C\C=C/C(C)N)c1cc(-c2ccccn2)cc(C2=CCCC=C2)n1. The molecule has 0 fully saturated rings. The third-order valence-corrected chi connectivity index (χ3v) is 4.28. The molecule has 2 aromatic rings. The number of hydrogen-bond acceptors (Lipinski definition) is 3. The van der Waals surface area contributed by atoms with E-state index in [1.807, 2.05) is 55.6 Å². The van der Waals surface area contributed by atoms with E-state index in [4.69, 9.17) is 10.7 Å². The van der Waals surface area contributed by atoms with Crippen LogP contribution in [-0.4, -0.2) is 16.0 Å². The highest BCUT2D eigenvalue weighted by atomic mass is 14.7. The Morgan fingerprint density at radius 2 is 2.11 bits per heavy atom. The van der Waals surface area contributed by atoms with Gasteiger partial charge >= 0.3 is 0 Å². The lowest BCUT2D eigenvalue weighted by molar-refractivity contribution is 0.926. The minimum Gasteiger partial charge on any atom is -0.325 e. The van der Waals surface area contributed by atoms with Crippen LogP contribution in [0.5, 0.6) is 0 Å². The summed E-state index contributed by atoms with van der Waals surface area (Å²) in [6.07, 6.45) is 18.2. The van der Waals surface area contributed by atoms with Crippen LogP contribution >= 0.6 is 0 Å². The molecule has 136 valence electrons. The number of pyridine rings is 2. The molecular weight excluding hydrogens is 330 g/mol. The first-order valence-electron chi connectivity index (χ1n) is 9.25. The molecule has 1 unspecified atom stereocenters. The summed E-state index contributed by atoms with van der Waals surface area (Å²) >= 11 is 0. The summed E-state index contributed by atoms with van der Waals surface area (Å²) < 4.78 is 0. The molecule has 0 saturated carbocycles. The Balaban J connectivity index is 2.10. The highest BCUT2D eigenvalue weighted by Crippen LogP contribution is 2.28. The van der Waals surface area contributed by atoms with Crippen molar-refractivity contribution in [1.82, 2.24) is 9.97 Å². The third-order valence-electron chi connectivity index (χ3n) is 4.28. The predicted molar refractivity (Wildman–Crippen MR) is 115 cm³/mol. The number of nitrogens with two attached hydrogens (primary N) is 1. The zero-order valence-corrected chi connectivity index (χ0v) is 15.7. The van der Waals surface area contributed by atoms with Gasteiger partial charge in [-0.25, -0.2) is 4.98 Å². The molecule has 0 aromatic carbocycles. The molecule has 0 bridgehead atoms. The van der Waals surface area contributed by atoms with Crippen LogP contribution in [0.4, 0.5) is 0 Å². The molecule has 1 aliphatic rings. The van der Waals surface area contributed by atoms with Crippen LogP contribution in [0, 0.1) is 0 Å². The van der Waals surface area contributed by atoms with E-state index in [0.29, 0.717) is 0 Å². The lowest BCUT2D eigenvalue weighted by Crippen LogP contribution is -2.09. The van der Waals surface area contributed by atoms with Gasteiger partial charge in [0.05, 0.1) is 17.1 Å². The van der Waals surface area contributed by atoms with Crippen molar-refractivity contribution in [1.29, 1.82) is 0 Å². The quantitative estimate of drug-likeness (QED) is 0.711. The van der Waals surface area contributed by atoms with E-state index in [9.17, 15) is 0 Å². The Morgan fingerprint density at radius 1 is 1.22 bits per heavy atom. The molecule has 2 heterocycles. The van der Waals surface area contributed by atoms with Crippen molar-refractivity contribution in [3.63, 3.8) is 0 Å². The molecule has 0 amide bonds. The van der Waals surface area contributed by atoms with E-state index < -0.39 is 0 Å². The van der Waals surface area contributed by atoms with Gasteiger partial charge in [-0.2, -0.15) is 0 Å². The lowest BCUT2D eigenvalue weighted by atomic mass is 9.99. The summed E-state index contributed by atoms with van der Waals surface area (Å²) in [4.78, 5) is 9.41. The Morgan fingerprint density at radius 3 is 2.78 bits per heavy atom. The number of rotatable bonds is 6. The Labute approximate surface area is 161 Å². The van der Waals surface area contributed by atoms with Crippen LogP contribution in [-0.2, 0) is 0 Å². The Kier molecular flexibility index (Phi) is 6.29. The van der Waals surface area contributed by atoms with E-state index in [1.54, 1.807) is 0 Å². The number of allylic oxidation sites excluding steroid dienone is 8. The van der Waals surface area contributed by atoms with Crippen LogP contribution in [0.3, 0.4) is 0 Å². The number of aromatic nitrogens is 2. The van der Waals surface area contributed by atoms with Crippen molar-refractivity contribution >= 4 is 11.1 Å². The van der Waals surface area contributed by atoms with Crippen LogP contribution in [0.2, 0.25) is 0 Å². The molecule has 3 heteroatoms. The van der Waals surface area contributed by atoms with Crippen LogP contribution < -0.4 is 5.73 Å². The molecule has 3 rings (SSSR count). The van der Waals surface area contributed by atoms with Gasteiger partial charge in [0, 0.05) is 17.8 Å². The molecule has 2 N–H and O–H groups in total. The Hall–Kier alpha value is -3.04. The van der Waals surface area contributed by atoms with Gasteiger partial charge in [-0.15, -0.1) is 0 Å². The third kappa shape index (κ3) is 4.99. The second kappa shape index (κ2) is 9.06. The van der Waals surface area contributed by atoms with Crippen molar-refractivity contribution in [2.24, 2.45) is 5.73 Å². The van der Waals surface area contributed by atoms with E-state index in [0.717, 1.165) is 46.6 Å². The standard InChI is InChI=1S/C24H25N3/c1-3-19(13-9-10-18(2)25)23-16-21(22-14-7-8-15-26-22)17-24(27-23)20-11-5-4-6-12-20/h3,5,7-18H,1,4,6,25H2,2H3/b10-9-,19-13+. The first kappa shape index (κ1) is 18.7. The van der Waals surface area contributed by atoms with Gasteiger partial charge in [-0.1, -0.05) is 55.2 Å². The number of nitrogens with zero attached hydrogens (tertiary/aromatic N) is 2. The van der Waals surface area contributed by atoms with Gasteiger partial charge in [0.1, 0.15) is 0 Å². The summed E-state index contributed by atoms with van der Waals surface area (Å²) in [6.45, 7) is 5.90. The summed E-state index contributed by atoms with van der Waals surface area (Å²) in [5.74, 6) is 0. The topological polar surface area (TPSA) is 51.8 Å². The molecule has 1 aliphatic carbocycles. The maximum Gasteiger partial charge on any atom is 0.0716 e. The maximum atomic E-state index is 5.80. The van der Waals surface area contributed by atoms with Gasteiger partial charge in [0.25, 0.3) is 0 Å². The lowest BCUT2D eigenvalue weighted by Gasteiger charge is -2.12. The Bertz CT molecular complexity index is 916. The van der Waals surface area contributed by atoms with E-state index in [1.165, 1.54) is 0 Å². The van der Waals surface area contributed by atoms with Crippen molar-refractivity contribution < 1.29 is 0 Å². The zero-order chi connectivity index (χ0) is 19.1. The first-order chi connectivity index (χ1) is 13.2. The van der Waals surface area contributed by atoms with Crippen LogP contribution in [0.1, 0.15) is 31.2 Å². The molecule has 0 spiro atoms. The summed E-state index contributed by atoms with van der Waals surface area (Å²) in [5, 5.41) is 0. The number of hydrogen-bond donors (Lipinski definition) is 1. The monoisotopic (exact) mass is 355 g/mol. The van der Waals surface area contributed by atoms with Crippen molar-refractivity contribution in [3.8, 4) is 11.3 Å².